The lowest BCUT2D eigenvalue weighted by Crippen LogP contribution is -2.38. The summed E-state index contributed by atoms with van der Waals surface area (Å²) < 4.78 is 32.1. The van der Waals surface area contributed by atoms with E-state index in [0.717, 1.165) is 0 Å². The molecule has 2 rings (SSSR count). The van der Waals surface area contributed by atoms with Gasteiger partial charge in [-0.15, -0.1) is 0 Å². The second-order valence-corrected chi connectivity index (χ2v) is 8.07. The second-order valence-electron chi connectivity index (χ2n) is 5.51. The molecule has 1 atom stereocenters. The standard InChI is InChI=1S/C13H12B2ClNO5S/c1-12(2,14)23(19,20)22-9-10(18)13(15,21-11(9)17)7-3-5-8(16)6-4-7/h3-6H,17H2,1-2H3/t13-/m0/s1. The molecule has 1 aliphatic heterocycles. The average molecular weight is 351 g/mol. The molecule has 10 heteroatoms. The summed E-state index contributed by atoms with van der Waals surface area (Å²) in [5, 5.41) is 0.424. The Morgan fingerprint density at radius 3 is 2.30 bits per heavy atom. The molecule has 0 aliphatic carbocycles. The number of carbonyl (C=O) groups is 1. The lowest BCUT2D eigenvalue weighted by atomic mass is 9.73. The fraction of sp³-hybridized carbons (Fsp3) is 0.308. The Balaban J connectivity index is 2.37. The first-order valence-corrected chi connectivity index (χ1v) is 8.18. The van der Waals surface area contributed by atoms with Crippen LogP contribution in [0.2, 0.25) is 5.02 Å². The minimum Gasteiger partial charge on any atom is -0.467 e. The number of carbonyl (C=O) groups excluding carboxylic acids is 1. The van der Waals surface area contributed by atoms with Gasteiger partial charge in [0.05, 0.1) is 4.65 Å². The highest BCUT2D eigenvalue weighted by molar-refractivity contribution is 7.89. The first-order valence-electron chi connectivity index (χ1n) is 6.40. The van der Waals surface area contributed by atoms with Gasteiger partial charge in [-0.3, -0.25) is 4.79 Å². The zero-order chi connectivity index (χ0) is 17.6. The van der Waals surface area contributed by atoms with Crippen LogP contribution in [0.25, 0.3) is 0 Å². The Labute approximate surface area is 141 Å². The smallest absolute Gasteiger partial charge is 0.306 e. The van der Waals surface area contributed by atoms with Gasteiger partial charge in [-0.05, 0) is 17.7 Å². The Kier molecular flexibility index (Phi) is 4.24. The van der Waals surface area contributed by atoms with Gasteiger partial charge >= 0.3 is 10.1 Å². The van der Waals surface area contributed by atoms with Crippen molar-refractivity contribution >= 4 is 43.2 Å². The fourth-order valence-electron chi connectivity index (χ4n) is 1.73. The molecular weight excluding hydrogens is 339 g/mol. The predicted molar refractivity (Wildman–Crippen MR) is 86.0 cm³/mol. The molecule has 4 radical (unpaired) electrons. The van der Waals surface area contributed by atoms with Crippen molar-refractivity contribution in [3.8, 4) is 0 Å². The van der Waals surface area contributed by atoms with Crippen LogP contribution in [0.4, 0.5) is 0 Å². The van der Waals surface area contributed by atoms with Crippen LogP contribution in [0, 0.1) is 0 Å². The Bertz CT molecular complexity index is 786. The molecule has 0 amide bonds. The van der Waals surface area contributed by atoms with Crippen molar-refractivity contribution in [2.45, 2.75) is 24.0 Å². The van der Waals surface area contributed by atoms with E-state index in [2.05, 4.69) is 0 Å². The van der Waals surface area contributed by atoms with E-state index in [-0.39, 0.29) is 5.56 Å². The third kappa shape index (κ3) is 3.07. The van der Waals surface area contributed by atoms with Gasteiger partial charge < -0.3 is 14.7 Å². The van der Waals surface area contributed by atoms with Gasteiger partial charge in [-0.2, -0.15) is 8.42 Å². The van der Waals surface area contributed by atoms with Gasteiger partial charge in [0.15, 0.2) is 5.50 Å². The first-order chi connectivity index (χ1) is 10.4. The highest BCUT2D eigenvalue weighted by Crippen LogP contribution is 2.37. The van der Waals surface area contributed by atoms with Gasteiger partial charge in [0.2, 0.25) is 17.4 Å². The molecule has 0 spiro atoms. The van der Waals surface area contributed by atoms with Gasteiger partial charge in [-0.25, -0.2) is 0 Å². The zero-order valence-electron chi connectivity index (χ0n) is 12.4. The monoisotopic (exact) mass is 351 g/mol. The zero-order valence-corrected chi connectivity index (χ0v) is 13.9. The van der Waals surface area contributed by atoms with Crippen molar-refractivity contribution in [2.75, 3.05) is 0 Å². The van der Waals surface area contributed by atoms with Crippen LogP contribution < -0.4 is 5.73 Å². The van der Waals surface area contributed by atoms with E-state index in [1.807, 2.05) is 0 Å². The van der Waals surface area contributed by atoms with Crippen LogP contribution in [0.1, 0.15) is 19.4 Å². The highest BCUT2D eigenvalue weighted by Gasteiger charge is 2.49. The SMILES string of the molecule is [B]C(C)(C)S(=O)(=O)OC1=C(N)O[C@@]([B])(c2ccc(Cl)cc2)C1=O. The molecule has 1 aromatic rings. The number of ketones is 1. The molecule has 23 heavy (non-hydrogen) atoms. The number of halogens is 1. The molecule has 1 heterocycles. The Morgan fingerprint density at radius 1 is 1.30 bits per heavy atom. The molecule has 0 fully saturated rings. The van der Waals surface area contributed by atoms with Crippen molar-refractivity contribution in [3.63, 3.8) is 0 Å². The molecule has 1 aliphatic rings. The summed E-state index contributed by atoms with van der Waals surface area (Å²) >= 11 is 5.78. The summed E-state index contributed by atoms with van der Waals surface area (Å²) in [7, 11) is 7.12. The number of hydrogen-bond acceptors (Lipinski definition) is 6. The average Bonchev–Trinajstić information content (AvgIpc) is 2.62. The van der Waals surface area contributed by atoms with E-state index in [0.29, 0.717) is 5.02 Å². The maximum absolute atomic E-state index is 12.5. The van der Waals surface area contributed by atoms with E-state index < -0.39 is 37.7 Å². The topological polar surface area (TPSA) is 95.7 Å². The largest absolute Gasteiger partial charge is 0.467 e. The maximum atomic E-state index is 12.5. The molecule has 2 N–H and O–H groups in total. The molecule has 0 unspecified atom stereocenters. The summed E-state index contributed by atoms with van der Waals surface area (Å²) in [6.07, 6.45) is 0. The molecule has 0 saturated heterocycles. The lowest BCUT2D eigenvalue weighted by molar-refractivity contribution is -0.126. The van der Waals surface area contributed by atoms with E-state index in [4.69, 9.17) is 41.9 Å². The summed E-state index contributed by atoms with van der Waals surface area (Å²) in [4.78, 5) is 12.5. The normalized spacial score (nSPS) is 22.1. The number of ether oxygens (including phenoxy) is 1. The predicted octanol–water partition coefficient (Wildman–Crippen LogP) is 0.639. The van der Waals surface area contributed by atoms with Crippen LogP contribution in [-0.4, -0.2) is 34.5 Å². The van der Waals surface area contributed by atoms with E-state index in [1.165, 1.54) is 38.1 Å². The van der Waals surface area contributed by atoms with Crippen LogP contribution in [0.5, 0.6) is 0 Å². The summed E-state index contributed by atoms with van der Waals surface area (Å²) in [6.45, 7) is 2.41. The van der Waals surface area contributed by atoms with Gasteiger partial charge in [-0.1, -0.05) is 37.6 Å². The fourth-order valence-corrected chi connectivity index (χ4v) is 2.45. The van der Waals surface area contributed by atoms with E-state index in [1.54, 1.807) is 0 Å². The number of benzene rings is 1. The number of rotatable bonds is 4. The summed E-state index contributed by atoms with van der Waals surface area (Å²) in [6, 6.07) is 5.91. The van der Waals surface area contributed by atoms with Crippen LogP contribution >= 0.6 is 11.6 Å². The maximum Gasteiger partial charge on any atom is 0.306 e. The minimum atomic E-state index is -4.32. The van der Waals surface area contributed by atoms with Crippen LogP contribution in [0.15, 0.2) is 35.9 Å². The quantitative estimate of drug-likeness (QED) is 0.632. The van der Waals surface area contributed by atoms with Gasteiger partial charge in [0.25, 0.3) is 0 Å². The number of Topliss-reactive ketones (excluding diaryl/α,β-unsaturated/α-hetero) is 1. The van der Waals surface area contributed by atoms with Crippen molar-refractivity contribution in [3.05, 3.63) is 46.5 Å². The summed E-state index contributed by atoms with van der Waals surface area (Å²) in [5.74, 6) is -2.19. The Morgan fingerprint density at radius 2 is 1.83 bits per heavy atom. The molecule has 6 nitrogen and oxygen atoms in total. The highest BCUT2D eigenvalue weighted by atomic mass is 35.5. The third-order valence-electron chi connectivity index (χ3n) is 3.15. The second kappa shape index (κ2) is 5.49. The summed E-state index contributed by atoms with van der Waals surface area (Å²) in [5.41, 5.74) is 3.80. The molecular formula is C13H12B2ClNO5S. The van der Waals surface area contributed by atoms with Crippen LogP contribution in [-0.2, 0) is 29.3 Å². The van der Waals surface area contributed by atoms with Gasteiger partial charge in [0, 0.05) is 5.02 Å². The van der Waals surface area contributed by atoms with Gasteiger partial charge in [0.1, 0.15) is 15.7 Å². The van der Waals surface area contributed by atoms with E-state index in [9.17, 15) is 13.2 Å². The minimum absolute atomic E-state index is 0.234. The van der Waals surface area contributed by atoms with Crippen molar-refractivity contribution in [2.24, 2.45) is 5.73 Å². The molecule has 1 aromatic carbocycles. The number of hydrogen-bond donors (Lipinski definition) is 1. The third-order valence-corrected chi connectivity index (χ3v) is 5.08. The molecule has 0 bridgehead atoms. The number of nitrogens with two attached hydrogens (primary N) is 1. The molecule has 0 saturated carbocycles. The molecule has 118 valence electrons. The molecule has 0 aromatic heterocycles. The van der Waals surface area contributed by atoms with E-state index >= 15 is 0 Å². The Hall–Kier alpha value is -1.60. The van der Waals surface area contributed by atoms with Crippen molar-refractivity contribution in [1.82, 2.24) is 0 Å². The van der Waals surface area contributed by atoms with Crippen LogP contribution in [0.3, 0.4) is 0 Å². The van der Waals surface area contributed by atoms with Crippen molar-refractivity contribution in [1.29, 1.82) is 0 Å². The lowest BCUT2D eigenvalue weighted by Gasteiger charge is -2.24. The first kappa shape index (κ1) is 17.7. The van der Waals surface area contributed by atoms with Crippen molar-refractivity contribution < 1.29 is 22.1 Å².